The van der Waals surface area contributed by atoms with Gasteiger partial charge in [-0.3, -0.25) is 0 Å². The summed E-state index contributed by atoms with van der Waals surface area (Å²) in [5.74, 6) is 0. The minimum absolute atomic E-state index is 0.283. The van der Waals surface area contributed by atoms with Gasteiger partial charge in [0.25, 0.3) is 0 Å². The van der Waals surface area contributed by atoms with E-state index in [9.17, 15) is 0 Å². The molecule has 0 bridgehead atoms. The Morgan fingerprint density at radius 3 is 1.24 bits per heavy atom. The highest BCUT2D eigenvalue weighted by Gasteiger charge is 2.49. The highest BCUT2D eigenvalue weighted by Crippen LogP contribution is 2.33. The quantitative estimate of drug-likeness (QED) is 0.635. The van der Waals surface area contributed by atoms with Gasteiger partial charge < -0.3 is 13.0 Å². The van der Waals surface area contributed by atoms with Gasteiger partial charge in [0.1, 0.15) is 0 Å². The van der Waals surface area contributed by atoms with Crippen LogP contribution < -0.4 is 0 Å². The van der Waals surface area contributed by atoms with Crippen LogP contribution >= 0.6 is 0 Å². The smallest absolute Gasteiger partial charge is 0.358 e. The Balaban J connectivity index is 5.33. The molecular formula is C12H26O3Si2. The highest BCUT2D eigenvalue weighted by atomic mass is 28.5. The van der Waals surface area contributed by atoms with Crippen molar-refractivity contribution in [3.05, 3.63) is 24.6 Å². The molecular weight excluding hydrogens is 248 g/mol. The number of rotatable bonds is 8. The molecule has 0 aliphatic carbocycles. The molecule has 17 heavy (non-hydrogen) atoms. The molecule has 100 valence electrons. The van der Waals surface area contributed by atoms with E-state index in [0.29, 0.717) is 0 Å². The molecule has 0 heterocycles. The van der Waals surface area contributed by atoms with Crippen molar-refractivity contribution < 1.29 is 13.0 Å². The van der Waals surface area contributed by atoms with Crippen molar-refractivity contribution in [2.24, 2.45) is 0 Å². The Morgan fingerprint density at radius 1 is 0.824 bits per heavy atom. The van der Waals surface area contributed by atoms with E-state index < -0.39 is 17.1 Å². The second kappa shape index (κ2) is 6.65. The SMILES string of the molecule is C=C[Si](OC)(O[Si](C=C)(OC)C(C)C)C(C)C. The van der Waals surface area contributed by atoms with Gasteiger partial charge >= 0.3 is 17.1 Å². The van der Waals surface area contributed by atoms with Crippen molar-refractivity contribution in [3.63, 3.8) is 0 Å². The Kier molecular flexibility index (Phi) is 6.57. The molecule has 0 N–H and O–H groups in total. The lowest BCUT2D eigenvalue weighted by Crippen LogP contribution is -2.56. The summed E-state index contributed by atoms with van der Waals surface area (Å²) in [7, 11) is -1.49. The number of hydrogen-bond donors (Lipinski definition) is 0. The van der Waals surface area contributed by atoms with Crippen LogP contribution in [0.4, 0.5) is 0 Å². The molecule has 0 aromatic rings. The van der Waals surface area contributed by atoms with Gasteiger partial charge in [0.05, 0.1) is 0 Å². The fourth-order valence-corrected chi connectivity index (χ4v) is 9.19. The van der Waals surface area contributed by atoms with E-state index in [2.05, 4.69) is 40.9 Å². The second-order valence-electron chi connectivity index (χ2n) is 4.67. The summed E-state index contributed by atoms with van der Waals surface area (Å²) in [4.78, 5) is 0. The Bertz CT molecular complexity index is 242. The fourth-order valence-electron chi connectivity index (χ4n) is 1.76. The van der Waals surface area contributed by atoms with Gasteiger partial charge in [-0.15, -0.1) is 13.2 Å². The standard InChI is InChI=1S/C12H26O3Si2/c1-9-16(13-7,11(3)4)15-17(10-2,14-8)12(5)6/h9-12H,1-2H2,3-8H3. The lowest BCUT2D eigenvalue weighted by atomic mass is 10.6. The van der Waals surface area contributed by atoms with Crippen LogP contribution in [0.25, 0.3) is 0 Å². The van der Waals surface area contributed by atoms with Gasteiger partial charge in [-0.25, -0.2) is 0 Å². The molecule has 3 nitrogen and oxygen atoms in total. The largest absolute Gasteiger partial charge is 0.408 e. The van der Waals surface area contributed by atoms with Crippen LogP contribution in [-0.4, -0.2) is 31.3 Å². The summed E-state index contributed by atoms with van der Waals surface area (Å²) >= 11 is 0. The summed E-state index contributed by atoms with van der Waals surface area (Å²) in [6.45, 7) is 16.1. The second-order valence-corrected chi connectivity index (χ2v) is 12.3. The maximum atomic E-state index is 6.34. The molecule has 0 saturated carbocycles. The predicted molar refractivity (Wildman–Crippen MR) is 77.2 cm³/mol. The Hall–Kier alpha value is -0.206. The van der Waals surface area contributed by atoms with Gasteiger partial charge in [-0.05, 0) is 0 Å². The normalized spacial score (nSPS) is 18.8. The van der Waals surface area contributed by atoms with Gasteiger partial charge in [-0.1, -0.05) is 39.1 Å². The van der Waals surface area contributed by atoms with Crippen molar-refractivity contribution in [2.75, 3.05) is 14.2 Å². The minimum atomic E-state index is -2.43. The third-order valence-electron chi connectivity index (χ3n) is 3.14. The van der Waals surface area contributed by atoms with Crippen molar-refractivity contribution in [2.45, 2.75) is 38.8 Å². The molecule has 0 aromatic heterocycles. The Morgan fingerprint density at radius 2 is 1.12 bits per heavy atom. The third-order valence-corrected chi connectivity index (χ3v) is 11.3. The van der Waals surface area contributed by atoms with E-state index in [1.165, 1.54) is 0 Å². The summed E-state index contributed by atoms with van der Waals surface area (Å²) in [6.07, 6.45) is 0. The van der Waals surface area contributed by atoms with Gasteiger partial charge in [0.2, 0.25) is 0 Å². The van der Waals surface area contributed by atoms with Crippen LogP contribution in [-0.2, 0) is 13.0 Å². The zero-order valence-corrected chi connectivity index (χ0v) is 13.9. The van der Waals surface area contributed by atoms with E-state index in [1.807, 2.05) is 11.4 Å². The van der Waals surface area contributed by atoms with Crippen LogP contribution in [0.3, 0.4) is 0 Å². The number of hydrogen-bond acceptors (Lipinski definition) is 3. The van der Waals surface area contributed by atoms with Crippen molar-refractivity contribution in [1.29, 1.82) is 0 Å². The topological polar surface area (TPSA) is 27.7 Å². The van der Waals surface area contributed by atoms with Crippen molar-refractivity contribution in [3.8, 4) is 0 Å². The van der Waals surface area contributed by atoms with E-state index in [1.54, 1.807) is 14.2 Å². The Labute approximate surface area is 108 Å². The molecule has 0 rings (SSSR count). The first-order valence-corrected chi connectivity index (χ1v) is 9.86. The van der Waals surface area contributed by atoms with Gasteiger partial charge in [0.15, 0.2) is 0 Å². The molecule has 2 unspecified atom stereocenters. The summed E-state index contributed by atoms with van der Waals surface area (Å²) < 4.78 is 17.7. The maximum absolute atomic E-state index is 6.34. The molecule has 5 heteroatoms. The third kappa shape index (κ3) is 3.39. The molecule has 0 spiro atoms. The zero-order chi connectivity index (χ0) is 13.7. The summed E-state index contributed by atoms with van der Waals surface area (Å²) in [6, 6.07) is 0. The van der Waals surface area contributed by atoms with E-state index in [-0.39, 0.29) is 11.1 Å². The van der Waals surface area contributed by atoms with E-state index in [4.69, 9.17) is 13.0 Å². The molecule has 0 aliphatic rings. The monoisotopic (exact) mass is 274 g/mol. The summed E-state index contributed by atoms with van der Waals surface area (Å²) in [5.41, 5.74) is 4.24. The van der Waals surface area contributed by atoms with Crippen molar-refractivity contribution in [1.82, 2.24) is 0 Å². The van der Waals surface area contributed by atoms with Crippen LogP contribution in [0.15, 0.2) is 24.6 Å². The lowest BCUT2D eigenvalue weighted by molar-refractivity contribution is 0.237. The fraction of sp³-hybridized carbons (Fsp3) is 0.667. The minimum Gasteiger partial charge on any atom is -0.408 e. The molecule has 0 aliphatic heterocycles. The van der Waals surface area contributed by atoms with Crippen LogP contribution in [0.5, 0.6) is 0 Å². The van der Waals surface area contributed by atoms with E-state index in [0.717, 1.165) is 0 Å². The zero-order valence-electron chi connectivity index (χ0n) is 11.9. The first-order valence-electron chi connectivity index (χ1n) is 5.91. The molecule has 0 aromatic carbocycles. The van der Waals surface area contributed by atoms with Crippen LogP contribution in [0.1, 0.15) is 27.7 Å². The van der Waals surface area contributed by atoms with Crippen LogP contribution in [0.2, 0.25) is 11.1 Å². The van der Waals surface area contributed by atoms with Crippen LogP contribution in [0, 0.1) is 0 Å². The van der Waals surface area contributed by atoms with Gasteiger partial charge in [0, 0.05) is 25.3 Å². The summed E-state index contributed by atoms with van der Waals surface area (Å²) in [5, 5.41) is 0. The molecule has 0 amide bonds. The van der Waals surface area contributed by atoms with Crippen molar-refractivity contribution >= 4 is 17.1 Å². The molecule has 0 saturated heterocycles. The van der Waals surface area contributed by atoms with E-state index >= 15 is 0 Å². The molecule has 0 radical (unpaired) electrons. The first kappa shape index (κ1) is 16.8. The van der Waals surface area contributed by atoms with Gasteiger partial charge in [-0.2, -0.15) is 0 Å². The lowest BCUT2D eigenvalue weighted by Gasteiger charge is -2.40. The predicted octanol–water partition coefficient (Wildman–Crippen LogP) is 3.45. The average Bonchev–Trinajstić information content (AvgIpc) is 2.31. The first-order chi connectivity index (χ1) is 7.84. The average molecular weight is 275 g/mol. The highest BCUT2D eigenvalue weighted by molar-refractivity contribution is 6.87. The molecule has 2 atom stereocenters. The maximum Gasteiger partial charge on any atom is 0.358 e. The molecule has 0 fully saturated rings.